The molecule has 0 amide bonds. The minimum absolute atomic E-state index is 0.0215. The second kappa shape index (κ2) is 8.36. The molecule has 0 bridgehead atoms. The van der Waals surface area contributed by atoms with E-state index in [0.717, 1.165) is 57.7 Å². The number of piperidine rings is 1. The molecule has 0 spiro atoms. The SMILES string of the molecule is CC(C)(C)NCCCN1CCC(Oc2ccc(C(F)(F)F)cn2)CC1. The zero-order valence-corrected chi connectivity index (χ0v) is 15.2. The molecule has 4 nitrogen and oxygen atoms in total. The molecule has 1 aliphatic heterocycles. The van der Waals surface area contributed by atoms with E-state index < -0.39 is 11.7 Å². The number of rotatable bonds is 6. The maximum Gasteiger partial charge on any atom is 0.417 e. The molecule has 0 radical (unpaired) electrons. The molecular weight excluding hydrogens is 331 g/mol. The van der Waals surface area contributed by atoms with Crippen LogP contribution in [0.4, 0.5) is 13.2 Å². The average Bonchev–Trinajstić information content (AvgIpc) is 2.52. The molecule has 7 heteroatoms. The average molecular weight is 359 g/mol. The van der Waals surface area contributed by atoms with Crippen molar-refractivity contribution in [3.05, 3.63) is 23.9 Å². The summed E-state index contributed by atoms with van der Waals surface area (Å²) >= 11 is 0. The van der Waals surface area contributed by atoms with Crippen molar-refractivity contribution in [3.63, 3.8) is 0 Å². The summed E-state index contributed by atoms with van der Waals surface area (Å²) < 4.78 is 43.3. The van der Waals surface area contributed by atoms with Crippen LogP contribution in [0.2, 0.25) is 0 Å². The minimum atomic E-state index is -4.36. The highest BCUT2D eigenvalue weighted by Gasteiger charge is 2.31. The molecule has 0 unspecified atom stereocenters. The van der Waals surface area contributed by atoms with Crippen LogP contribution in [0, 0.1) is 0 Å². The highest BCUT2D eigenvalue weighted by Crippen LogP contribution is 2.29. The van der Waals surface area contributed by atoms with Gasteiger partial charge in [-0.1, -0.05) is 0 Å². The lowest BCUT2D eigenvalue weighted by Gasteiger charge is -2.32. The van der Waals surface area contributed by atoms with Crippen LogP contribution in [-0.2, 0) is 6.18 Å². The number of halogens is 3. The molecule has 0 atom stereocenters. The fraction of sp³-hybridized carbons (Fsp3) is 0.722. The number of hydrogen-bond donors (Lipinski definition) is 1. The third-order valence-electron chi connectivity index (χ3n) is 4.19. The molecule has 0 saturated carbocycles. The van der Waals surface area contributed by atoms with E-state index >= 15 is 0 Å². The van der Waals surface area contributed by atoms with Gasteiger partial charge in [-0.2, -0.15) is 13.2 Å². The van der Waals surface area contributed by atoms with Crippen molar-refractivity contribution in [1.82, 2.24) is 15.2 Å². The van der Waals surface area contributed by atoms with E-state index in [9.17, 15) is 13.2 Å². The quantitative estimate of drug-likeness (QED) is 0.786. The molecule has 0 aromatic carbocycles. The van der Waals surface area contributed by atoms with Gasteiger partial charge in [0, 0.05) is 30.9 Å². The smallest absolute Gasteiger partial charge is 0.417 e. The maximum atomic E-state index is 12.5. The van der Waals surface area contributed by atoms with E-state index in [-0.39, 0.29) is 17.5 Å². The van der Waals surface area contributed by atoms with E-state index in [2.05, 4.69) is 36.0 Å². The van der Waals surface area contributed by atoms with Gasteiger partial charge in [-0.05, 0) is 59.2 Å². The summed E-state index contributed by atoms with van der Waals surface area (Å²) in [6, 6.07) is 2.31. The van der Waals surface area contributed by atoms with Crippen LogP contribution in [0.5, 0.6) is 5.88 Å². The number of nitrogens with zero attached hydrogens (tertiary/aromatic N) is 2. The predicted molar refractivity (Wildman–Crippen MR) is 91.7 cm³/mol. The fourth-order valence-corrected chi connectivity index (χ4v) is 2.81. The lowest BCUT2D eigenvalue weighted by Crippen LogP contribution is -2.41. The van der Waals surface area contributed by atoms with Gasteiger partial charge in [0.1, 0.15) is 6.10 Å². The van der Waals surface area contributed by atoms with Crippen LogP contribution < -0.4 is 10.1 Å². The molecule has 25 heavy (non-hydrogen) atoms. The number of ether oxygens (including phenoxy) is 1. The Morgan fingerprint density at radius 3 is 2.40 bits per heavy atom. The predicted octanol–water partition coefficient (Wildman–Crippen LogP) is 3.72. The lowest BCUT2D eigenvalue weighted by atomic mass is 10.1. The van der Waals surface area contributed by atoms with E-state index in [4.69, 9.17) is 4.74 Å². The van der Waals surface area contributed by atoms with Gasteiger partial charge in [0.25, 0.3) is 0 Å². The Morgan fingerprint density at radius 2 is 1.88 bits per heavy atom. The fourth-order valence-electron chi connectivity index (χ4n) is 2.81. The molecule has 142 valence electrons. The number of nitrogens with one attached hydrogen (secondary N) is 1. The number of hydrogen-bond acceptors (Lipinski definition) is 4. The molecule has 2 heterocycles. The summed E-state index contributed by atoms with van der Waals surface area (Å²) in [5.41, 5.74) is -0.603. The summed E-state index contributed by atoms with van der Waals surface area (Å²) in [6.45, 7) is 10.4. The van der Waals surface area contributed by atoms with Crippen molar-refractivity contribution >= 4 is 0 Å². The highest BCUT2D eigenvalue weighted by atomic mass is 19.4. The van der Waals surface area contributed by atoms with Gasteiger partial charge in [-0.25, -0.2) is 4.98 Å². The number of alkyl halides is 3. The van der Waals surface area contributed by atoms with Crippen LogP contribution in [0.3, 0.4) is 0 Å². The van der Waals surface area contributed by atoms with E-state index in [0.29, 0.717) is 0 Å². The number of pyridine rings is 1. The monoisotopic (exact) mass is 359 g/mol. The van der Waals surface area contributed by atoms with Gasteiger partial charge in [0.05, 0.1) is 5.56 Å². The molecule has 1 fully saturated rings. The van der Waals surface area contributed by atoms with Crippen LogP contribution in [0.25, 0.3) is 0 Å². The zero-order chi connectivity index (χ0) is 18.5. The van der Waals surface area contributed by atoms with Crippen LogP contribution >= 0.6 is 0 Å². The van der Waals surface area contributed by atoms with Crippen molar-refractivity contribution in [3.8, 4) is 5.88 Å². The Hall–Kier alpha value is -1.34. The van der Waals surface area contributed by atoms with Crippen molar-refractivity contribution in [2.24, 2.45) is 0 Å². The third kappa shape index (κ3) is 7.20. The van der Waals surface area contributed by atoms with Crippen molar-refractivity contribution in [2.75, 3.05) is 26.2 Å². The summed E-state index contributed by atoms with van der Waals surface area (Å²) in [5, 5.41) is 3.48. The topological polar surface area (TPSA) is 37.4 Å². The van der Waals surface area contributed by atoms with Gasteiger partial charge in [-0.15, -0.1) is 0 Å². The maximum absolute atomic E-state index is 12.5. The van der Waals surface area contributed by atoms with Crippen molar-refractivity contribution < 1.29 is 17.9 Å². The Morgan fingerprint density at radius 1 is 1.20 bits per heavy atom. The summed E-state index contributed by atoms with van der Waals surface area (Å²) in [6.07, 6.45) is -0.674. The Kier molecular flexibility index (Phi) is 6.68. The van der Waals surface area contributed by atoms with Crippen LogP contribution in [0.1, 0.15) is 45.6 Å². The Labute approximate surface area is 147 Å². The number of aromatic nitrogens is 1. The second-order valence-corrected chi connectivity index (χ2v) is 7.57. The first-order valence-corrected chi connectivity index (χ1v) is 8.81. The molecule has 1 saturated heterocycles. The van der Waals surface area contributed by atoms with Gasteiger partial charge in [0.15, 0.2) is 0 Å². The molecule has 0 aliphatic carbocycles. The summed E-state index contributed by atoms with van der Waals surface area (Å²) in [5.74, 6) is 0.265. The minimum Gasteiger partial charge on any atom is -0.474 e. The van der Waals surface area contributed by atoms with Crippen LogP contribution in [0.15, 0.2) is 18.3 Å². The first-order chi connectivity index (χ1) is 11.6. The van der Waals surface area contributed by atoms with Crippen molar-refractivity contribution in [1.29, 1.82) is 0 Å². The van der Waals surface area contributed by atoms with Gasteiger partial charge < -0.3 is 15.0 Å². The van der Waals surface area contributed by atoms with Gasteiger partial charge in [-0.3, -0.25) is 0 Å². The first-order valence-electron chi connectivity index (χ1n) is 8.81. The molecular formula is C18H28F3N3O. The standard InChI is InChI=1S/C18H28F3N3O/c1-17(2,3)23-9-4-10-24-11-7-15(8-12-24)25-16-6-5-14(13-22-16)18(19,20)21/h5-6,13,15,23H,4,7-12H2,1-3H3. The molecule has 1 N–H and O–H groups in total. The van der Waals surface area contributed by atoms with E-state index in [1.807, 2.05) is 0 Å². The van der Waals surface area contributed by atoms with Crippen molar-refractivity contribution in [2.45, 2.75) is 57.9 Å². The molecule has 1 aromatic rings. The summed E-state index contributed by atoms with van der Waals surface area (Å²) in [7, 11) is 0. The van der Waals surface area contributed by atoms with Crippen LogP contribution in [-0.4, -0.2) is 47.7 Å². The normalized spacial score (nSPS) is 17.7. The summed E-state index contributed by atoms with van der Waals surface area (Å²) in [4.78, 5) is 6.18. The van der Waals surface area contributed by atoms with E-state index in [1.54, 1.807) is 0 Å². The molecule has 1 aliphatic rings. The second-order valence-electron chi connectivity index (χ2n) is 7.57. The molecule has 2 rings (SSSR count). The molecule has 1 aromatic heterocycles. The van der Waals surface area contributed by atoms with E-state index in [1.165, 1.54) is 6.07 Å². The lowest BCUT2D eigenvalue weighted by molar-refractivity contribution is -0.137. The third-order valence-corrected chi connectivity index (χ3v) is 4.19. The Bertz CT molecular complexity index is 518. The largest absolute Gasteiger partial charge is 0.474 e. The Balaban J connectivity index is 1.68. The first kappa shape index (κ1) is 20.0. The van der Waals surface area contributed by atoms with Gasteiger partial charge >= 0.3 is 6.18 Å². The highest BCUT2D eigenvalue weighted by molar-refractivity contribution is 5.20. The van der Waals surface area contributed by atoms with Gasteiger partial charge in [0.2, 0.25) is 5.88 Å². The number of likely N-dealkylation sites (tertiary alicyclic amines) is 1. The zero-order valence-electron chi connectivity index (χ0n) is 15.2.